The van der Waals surface area contributed by atoms with Gasteiger partial charge >= 0.3 is 6.18 Å². The maximum atomic E-state index is 12.5. The molecule has 0 amide bonds. The van der Waals surface area contributed by atoms with Gasteiger partial charge in [-0.15, -0.1) is 0 Å². The Balaban J connectivity index is 1.98. The predicted octanol–water partition coefficient (Wildman–Crippen LogP) is 6.47. The van der Waals surface area contributed by atoms with Crippen LogP contribution in [0.5, 0.6) is 0 Å². The first kappa shape index (κ1) is 17.2. The number of aryl methyl sites for hydroxylation is 1. The summed E-state index contributed by atoms with van der Waals surface area (Å²) in [6.45, 7) is 2.00. The quantitative estimate of drug-likeness (QED) is 0.309. The lowest BCUT2D eigenvalue weighted by Gasteiger charge is -2.07. The molecule has 0 saturated heterocycles. The Morgan fingerprint density at radius 2 is 1.64 bits per heavy atom. The van der Waals surface area contributed by atoms with Gasteiger partial charge in [-0.1, -0.05) is 29.8 Å². The second-order valence-electron chi connectivity index (χ2n) is 4.53. The molecule has 22 heavy (non-hydrogen) atoms. The maximum absolute atomic E-state index is 12.5. The van der Waals surface area contributed by atoms with Crippen molar-refractivity contribution in [1.29, 1.82) is 0 Å². The molecule has 0 saturated carbocycles. The van der Waals surface area contributed by atoms with Gasteiger partial charge in [0.2, 0.25) is 0 Å². The lowest BCUT2D eigenvalue weighted by Crippen LogP contribution is -2.04. The third-order valence-electron chi connectivity index (χ3n) is 2.80. The third-order valence-corrected chi connectivity index (χ3v) is 4.34. The topological polar surface area (TPSA) is 9.23 Å². The summed E-state index contributed by atoms with van der Waals surface area (Å²) in [7, 11) is 0. The molecule has 0 aliphatic carbocycles. The van der Waals surface area contributed by atoms with E-state index in [9.17, 15) is 13.2 Å². The van der Waals surface area contributed by atoms with Crippen LogP contribution in [-0.2, 0) is 10.4 Å². The van der Waals surface area contributed by atoms with Crippen molar-refractivity contribution in [3.8, 4) is 0 Å². The lowest BCUT2D eigenvalue weighted by atomic mass is 10.1. The Bertz CT molecular complexity index is 649. The van der Waals surface area contributed by atoms with Gasteiger partial charge in [0, 0.05) is 4.90 Å². The van der Waals surface area contributed by atoms with E-state index in [1.54, 1.807) is 0 Å². The number of benzene rings is 2. The number of rotatable bonds is 4. The van der Waals surface area contributed by atoms with Gasteiger partial charge in [-0.3, -0.25) is 0 Å². The third kappa shape index (κ3) is 4.95. The summed E-state index contributed by atoms with van der Waals surface area (Å²) in [5, 5.41) is 0. The normalized spacial score (nSPS) is 12.3. The van der Waals surface area contributed by atoms with Crippen molar-refractivity contribution in [3.63, 3.8) is 0 Å². The van der Waals surface area contributed by atoms with Crippen LogP contribution < -0.4 is 0 Å². The first-order valence-corrected chi connectivity index (χ1v) is 8.11. The van der Waals surface area contributed by atoms with Gasteiger partial charge in [0.05, 0.1) is 21.2 Å². The van der Waals surface area contributed by atoms with E-state index < -0.39 is 11.7 Å². The monoisotopic (exact) mass is 436 g/mol. The van der Waals surface area contributed by atoms with E-state index >= 15 is 0 Å². The van der Waals surface area contributed by atoms with Gasteiger partial charge in [0.1, 0.15) is 6.26 Å². The molecule has 1 nitrogen and oxygen atoms in total. The van der Waals surface area contributed by atoms with Crippen LogP contribution in [0.4, 0.5) is 13.2 Å². The highest BCUT2D eigenvalue weighted by Crippen LogP contribution is 2.31. The van der Waals surface area contributed by atoms with Crippen molar-refractivity contribution >= 4 is 38.2 Å². The van der Waals surface area contributed by atoms with Crippen molar-refractivity contribution in [1.82, 2.24) is 0 Å². The molecule has 0 bridgehead atoms. The fourth-order valence-corrected chi connectivity index (χ4v) is 2.76. The minimum atomic E-state index is -4.31. The van der Waals surface area contributed by atoms with Gasteiger partial charge < -0.3 is 4.18 Å². The van der Waals surface area contributed by atoms with Gasteiger partial charge in [-0.2, -0.15) is 13.2 Å². The second-order valence-corrected chi connectivity index (χ2v) is 6.53. The highest BCUT2D eigenvalue weighted by atomic mass is 127. The van der Waals surface area contributed by atoms with E-state index in [0.29, 0.717) is 5.56 Å². The maximum Gasteiger partial charge on any atom is 0.416 e. The van der Waals surface area contributed by atoms with Crippen LogP contribution in [0, 0.1) is 6.92 Å². The molecule has 2 aromatic carbocycles. The van der Waals surface area contributed by atoms with Crippen LogP contribution in [0.15, 0.2) is 59.7 Å². The Labute approximate surface area is 144 Å². The van der Waals surface area contributed by atoms with Crippen LogP contribution in [-0.4, -0.2) is 0 Å². The summed E-state index contributed by atoms with van der Waals surface area (Å²) in [6.07, 6.45) is -2.79. The number of alkyl halides is 3. The van der Waals surface area contributed by atoms with Crippen LogP contribution in [0.3, 0.4) is 0 Å². The molecule has 0 fully saturated rings. The first-order valence-electron chi connectivity index (χ1n) is 6.29. The molecule has 0 atom stereocenters. The summed E-state index contributed by atoms with van der Waals surface area (Å²) in [6, 6.07) is 12.8. The summed E-state index contributed by atoms with van der Waals surface area (Å²) in [5.41, 5.74) is 1.19. The van der Waals surface area contributed by atoms with Crippen molar-refractivity contribution in [2.24, 2.45) is 0 Å². The molecule has 0 radical (unpaired) electrons. The Kier molecular flexibility index (Phi) is 5.80. The molecule has 0 spiro atoms. The Morgan fingerprint density at radius 1 is 1.05 bits per heavy atom. The fourth-order valence-electron chi connectivity index (χ4n) is 1.60. The van der Waals surface area contributed by atoms with Gasteiger partial charge in [-0.25, -0.2) is 0 Å². The molecule has 0 aliphatic heterocycles. The molecule has 116 valence electrons. The van der Waals surface area contributed by atoms with Crippen LogP contribution >= 0.6 is 34.6 Å². The molecule has 6 heteroatoms. The van der Waals surface area contributed by atoms with Crippen molar-refractivity contribution < 1.29 is 17.4 Å². The van der Waals surface area contributed by atoms with Gasteiger partial charge in [-0.05, 0) is 59.3 Å². The van der Waals surface area contributed by atoms with Crippen LogP contribution in [0.25, 0.3) is 3.58 Å². The SMILES string of the molecule is Cc1ccc(SO/C=C(/I)c2ccc(C(F)(F)F)cc2)cc1. The predicted molar refractivity (Wildman–Crippen MR) is 91.6 cm³/mol. The van der Waals surface area contributed by atoms with Crippen molar-refractivity contribution in [2.45, 2.75) is 18.0 Å². The average molecular weight is 436 g/mol. The van der Waals surface area contributed by atoms with Gasteiger partial charge in [0.15, 0.2) is 0 Å². The number of hydrogen-bond acceptors (Lipinski definition) is 2. The minimum Gasteiger partial charge on any atom is -0.427 e. The fraction of sp³-hybridized carbons (Fsp3) is 0.125. The molecular formula is C16H12F3IOS. The molecule has 0 aromatic heterocycles. The smallest absolute Gasteiger partial charge is 0.416 e. The zero-order chi connectivity index (χ0) is 16.2. The molecular weight excluding hydrogens is 424 g/mol. The van der Waals surface area contributed by atoms with E-state index in [1.165, 1.54) is 36.0 Å². The largest absolute Gasteiger partial charge is 0.427 e. The summed E-state index contributed by atoms with van der Waals surface area (Å²) >= 11 is 3.23. The number of hydrogen-bond donors (Lipinski definition) is 0. The molecule has 0 aliphatic rings. The molecule has 0 N–H and O–H groups in total. The van der Waals surface area contributed by atoms with E-state index in [2.05, 4.69) is 0 Å². The Morgan fingerprint density at radius 3 is 2.18 bits per heavy atom. The summed E-state index contributed by atoms with van der Waals surface area (Å²) in [4.78, 5) is 0.957. The van der Waals surface area contributed by atoms with Crippen molar-refractivity contribution in [3.05, 3.63) is 71.5 Å². The number of halogens is 4. The van der Waals surface area contributed by atoms with Crippen LogP contribution in [0.2, 0.25) is 0 Å². The van der Waals surface area contributed by atoms with E-state index in [-0.39, 0.29) is 0 Å². The van der Waals surface area contributed by atoms with E-state index in [0.717, 1.165) is 20.6 Å². The lowest BCUT2D eigenvalue weighted by molar-refractivity contribution is -0.137. The Hall–Kier alpha value is -1.15. The molecule has 2 aromatic rings. The zero-order valence-corrected chi connectivity index (χ0v) is 14.5. The summed E-state index contributed by atoms with van der Waals surface area (Å²) in [5.74, 6) is 0. The van der Waals surface area contributed by atoms with Gasteiger partial charge in [0.25, 0.3) is 0 Å². The van der Waals surface area contributed by atoms with Crippen LogP contribution in [0.1, 0.15) is 16.7 Å². The average Bonchev–Trinajstić information content (AvgIpc) is 2.48. The standard InChI is InChI=1S/C16H12F3IOS/c1-11-2-8-14(9-3-11)22-21-10-15(20)12-4-6-13(7-5-12)16(17,18)19/h2-10H,1H3/b15-10+. The highest BCUT2D eigenvalue weighted by Gasteiger charge is 2.29. The van der Waals surface area contributed by atoms with E-state index in [1.807, 2.05) is 53.8 Å². The molecule has 0 heterocycles. The zero-order valence-electron chi connectivity index (χ0n) is 11.5. The van der Waals surface area contributed by atoms with Crippen molar-refractivity contribution in [2.75, 3.05) is 0 Å². The highest BCUT2D eigenvalue weighted by molar-refractivity contribution is 14.1. The molecule has 2 rings (SSSR count). The first-order chi connectivity index (χ1) is 10.4. The summed E-state index contributed by atoms with van der Waals surface area (Å²) < 4.78 is 43.6. The molecule has 0 unspecified atom stereocenters. The second kappa shape index (κ2) is 7.41. The van der Waals surface area contributed by atoms with E-state index in [4.69, 9.17) is 4.18 Å². The minimum absolute atomic E-state index is 0.657.